The molecule has 0 amide bonds. The second-order valence-electron chi connectivity index (χ2n) is 8.12. The van der Waals surface area contributed by atoms with Gasteiger partial charge in [-0.3, -0.25) is 4.90 Å². The smallest absolute Gasteiger partial charge is 0.0754 e. The van der Waals surface area contributed by atoms with E-state index in [-0.39, 0.29) is 6.04 Å². The van der Waals surface area contributed by atoms with E-state index in [0.29, 0.717) is 0 Å². The molecule has 3 heterocycles. The van der Waals surface area contributed by atoms with Crippen molar-refractivity contribution in [3.8, 4) is 0 Å². The molecule has 31 heavy (non-hydrogen) atoms. The van der Waals surface area contributed by atoms with Gasteiger partial charge in [0.2, 0.25) is 0 Å². The van der Waals surface area contributed by atoms with Gasteiger partial charge in [0.1, 0.15) is 0 Å². The van der Waals surface area contributed by atoms with Gasteiger partial charge in [-0.05, 0) is 60.8 Å². The van der Waals surface area contributed by atoms with Crippen LogP contribution in [0.2, 0.25) is 0 Å². The first-order chi connectivity index (χ1) is 15.3. The lowest BCUT2D eigenvalue weighted by atomic mass is 9.93. The lowest BCUT2D eigenvalue weighted by Crippen LogP contribution is -2.32. The standard InChI is InChI=1S/C26H23N3S2/c1-29-14-13-19-21-15-18(28-31-24-16-30-23-10-6-5-9-20(23)24)11-12-22(21)27-25(19)26(29)17-7-3-2-4-8-17/h2-12,15-16,26-28H,13-14H2,1H3. The predicted molar refractivity (Wildman–Crippen MR) is 134 cm³/mol. The molecule has 0 spiro atoms. The van der Waals surface area contributed by atoms with Crippen LogP contribution < -0.4 is 4.72 Å². The molecule has 6 rings (SSSR count). The van der Waals surface area contributed by atoms with Crippen LogP contribution in [0.15, 0.2) is 83.1 Å². The molecule has 2 N–H and O–H groups in total. The first-order valence-electron chi connectivity index (χ1n) is 10.6. The van der Waals surface area contributed by atoms with Gasteiger partial charge in [0.15, 0.2) is 0 Å². The van der Waals surface area contributed by atoms with Crippen LogP contribution in [0.3, 0.4) is 0 Å². The van der Waals surface area contributed by atoms with Crippen molar-refractivity contribution in [3.05, 3.63) is 95.0 Å². The highest BCUT2D eigenvalue weighted by atomic mass is 32.2. The van der Waals surface area contributed by atoms with E-state index in [0.717, 1.165) is 18.7 Å². The first-order valence-corrected chi connectivity index (χ1v) is 12.3. The monoisotopic (exact) mass is 441 g/mol. The van der Waals surface area contributed by atoms with Crippen molar-refractivity contribution in [2.75, 3.05) is 18.3 Å². The van der Waals surface area contributed by atoms with Crippen LogP contribution in [0.1, 0.15) is 22.9 Å². The van der Waals surface area contributed by atoms with E-state index < -0.39 is 0 Å². The molecule has 3 nitrogen and oxygen atoms in total. The number of fused-ring (bicyclic) bond motifs is 4. The fourth-order valence-corrected chi connectivity index (χ4v) is 6.54. The van der Waals surface area contributed by atoms with Gasteiger partial charge in [0.25, 0.3) is 0 Å². The molecule has 154 valence electrons. The molecule has 1 aliphatic rings. The molecule has 0 aliphatic carbocycles. The van der Waals surface area contributed by atoms with Crippen molar-refractivity contribution in [1.29, 1.82) is 0 Å². The third-order valence-corrected chi connectivity index (χ3v) is 8.22. The zero-order valence-electron chi connectivity index (χ0n) is 17.3. The van der Waals surface area contributed by atoms with Crippen molar-refractivity contribution >= 4 is 50.0 Å². The van der Waals surface area contributed by atoms with Crippen LogP contribution in [0, 0.1) is 0 Å². The van der Waals surface area contributed by atoms with Crippen LogP contribution in [0.25, 0.3) is 21.0 Å². The molecule has 0 saturated heterocycles. The summed E-state index contributed by atoms with van der Waals surface area (Å²) in [7, 11) is 2.22. The van der Waals surface area contributed by atoms with E-state index in [4.69, 9.17) is 0 Å². The molecule has 0 bridgehead atoms. The van der Waals surface area contributed by atoms with E-state index >= 15 is 0 Å². The van der Waals surface area contributed by atoms with Crippen molar-refractivity contribution < 1.29 is 0 Å². The Balaban J connectivity index is 1.33. The van der Waals surface area contributed by atoms with Crippen LogP contribution in [-0.2, 0) is 6.42 Å². The second-order valence-corrected chi connectivity index (χ2v) is 9.88. The molecule has 0 radical (unpaired) electrons. The minimum atomic E-state index is 0.278. The third kappa shape index (κ3) is 3.33. The van der Waals surface area contributed by atoms with Gasteiger partial charge in [0, 0.05) is 49.2 Å². The van der Waals surface area contributed by atoms with Crippen molar-refractivity contribution in [1.82, 2.24) is 9.88 Å². The van der Waals surface area contributed by atoms with Gasteiger partial charge in [-0.15, -0.1) is 11.3 Å². The molecular weight excluding hydrogens is 418 g/mol. The van der Waals surface area contributed by atoms with Crippen molar-refractivity contribution in [2.45, 2.75) is 17.4 Å². The van der Waals surface area contributed by atoms with Crippen LogP contribution in [0.4, 0.5) is 5.69 Å². The highest BCUT2D eigenvalue weighted by molar-refractivity contribution is 8.01. The number of benzene rings is 3. The number of aromatic nitrogens is 1. The van der Waals surface area contributed by atoms with Gasteiger partial charge in [0.05, 0.1) is 6.04 Å². The van der Waals surface area contributed by atoms with Gasteiger partial charge >= 0.3 is 0 Å². The summed E-state index contributed by atoms with van der Waals surface area (Å²) >= 11 is 3.50. The maximum atomic E-state index is 3.74. The first kappa shape index (κ1) is 19.0. The highest BCUT2D eigenvalue weighted by Gasteiger charge is 2.29. The third-order valence-electron chi connectivity index (χ3n) is 6.21. The topological polar surface area (TPSA) is 31.1 Å². The zero-order chi connectivity index (χ0) is 20.8. The maximum Gasteiger partial charge on any atom is 0.0754 e. The van der Waals surface area contributed by atoms with Gasteiger partial charge in [-0.2, -0.15) is 0 Å². The molecule has 1 atom stereocenters. The Morgan fingerprint density at radius 3 is 2.74 bits per heavy atom. The quantitative estimate of drug-likeness (QED) is 0.292. The van der Waals surface area contributed by atoms with Crippen molar-refractivity contribution in [2.24, 2.45) is 0 Å². The number of thiophene rings is 1. The largest absolute Gasteiger partial charge is 0.357 e. The number of anilines is 1. The average molecular weight is 442 g/mol. The number of H-pyrrole nitrogens is 1. The summed E-state index contributed by atoms with van der Waals surface area (Å²) in [5, 5.41) is 4.89. The molecule has 0 fully saturated rings. The Bertz CT molecular complexity index is 1370. The fourth-order valence-electron chi connectivity index (χ4n) is 4.68. The second kappa shape index (κ2) is 7.75. The summed E-state index contributed by atoms with van der Waals surface area (Å²) in [4.78, 5) is 7.47. The van der Waals surface area contributed by atoms with E-state index in [2.05, 4.69) is 99.8 Å². The van der Waals surface area contributed by atoms with E-state index in [1.807, 2.05) is 0 Å². The number of nitrogens with one attached hydrogen (secondary N) is 2. The summed E-state index contributed by atoms with van der Waals surface area (Å²) in [5.41, 5.74) is 6.50. The molecule has 1 unspecified atom stereocenters. The van der Waals surface area contributed by atoms with E-state index in [9.17, 15) is 0 Å². The Morgan fingerprint density at radius 1 is 1.00 bits per heavy atom. The Kier molecular flexibility index (Phi) is 4.75. The number of likely N-dealkylation sites (N-methyl/N-ethyl adjacent to an activating group) is 1. The van der Waals surface area contributed by atoms with Crippen LogP contribution in [0.5, 0.6) is 0 Å². The lowest BCUT2D eigenvalue weighted by molar-refractivity contribution is 0.261. The molecule has 1 aliphatic heterocycles. The minimum Gasteiger partial charge on any atom is -0.357 e. The normalized spacial score (nSPS) is 16.6. The molecule has 5 heteroatoms. The number of nitrogens with zero attached hydrogens (tertiary/aromatic N) is 1. The lowest BCUT2D eigenvalue weighted by Gasteiger charge is -2.33. The SMILES string of the molecule is CN1CCc2c([nH]c3ccc(NSc4csc5ccccc45)cc23)C1c1ccccc1. The van der Waals surface area contributed by atoms with Gasteiger partial charge in [-0.1, -0.05) is 48.5 Å². The van der Waals surface area contributed by atoms with Crippen LogP contribution >= 0.6 is 23.3 Å². The summed E-state index contributed by atoms with van der Waals surface area (Å²) in [5.74, 6) is 0. The molecule has 0 saturated carbocycles. The van der Waals surface area contributed by atoms with E-state index in [1.54, 1.807) is 23.3 Å². The molecule has 3 aromatic carbocycles. The molecule has 5 aromatic rings. The van der Waals surface area contributed by atoms with Gasteiger partial charge in [-0.25, -0.2) is 0 Å². The van der Waals surface area contributed by atoms with Crippen molar-refractivity contribution in [3.63, 3.8) is 0 Å². The maximum absolute atomic E-state index is 3.74. The number of aromatic amines is 1. The Labute approximate surface area is 190 Å². The summed E-state index contributed by atoms with van der Waals surface area (Å²) in [6, 6.07) is 26.4. The van der Waals surface area contributed by atoms with Gasteiger partial charge < -0.3 is 9.71 Å². The molecule has 2 aromatic heterocycles. The summed E-state index contributed by atoms with van der Waals surface area (Å²) in [6.07, 6.45) is 1.07. The minimum absolute atomic E-state index is 0.278. The Morgan fingerprint density at radius 2 is 1.84 bits per heavy atom. The summed E-state index contributed by atoms with van der Waals surface area (Å²) in [6.45, 7) is 1.06. The average Bonchev–Trinajstić information content (AvgIpc) is 3.39. The fraction of sp³-hybridized carbons (Fsp3) is 0.154. The number of hydrogen-bond acceptors (Lipinski definition) is 4. The predicted octanol–water partition coefficient (Wildman–Crippen LogP) is 7.08. The highest BCUT2D eigenvalue weighted by Crippen LogP contribution is 2.39. The number of hydrogen-bond donors (Lipinski definition) is 2. The Hall–Kier alpha value is -2.73. The summed E-state index contributed by atoms with van der Waals surface area (Å²) < 4.78 is 4.91. The van der Waals surface area contributed by atoms with E-state index in [1.165, 1.54) is 42.7 Å². The zero-order valence-corrected chi connectivity index (χ0v) is 18.9. The number of rotatable bonds is 4. The van der Waals surface area contributed by atoms with Crippen LogP contribution in [-0.4, -0.2) is 23.5 Å². The molecular formula is C26H23N3S2.